The predicted octanol–water partition coefficient (Wildman–Crippen LogP) is 3.67. The molecule has 0 aliphatic rings. The van der Waals surface area contributed by atoms with Gasteiger partial charge in [0.25, 0.3) is 5.91 Å². The van der Waals surface area contributed by atoms with E-state index in [0.717, 1.165) is 0 Å². The molecule has 2 aromatic rings. The number of benzene rings is 2. The number of nitrogens with two attached hydrogens (primary N) is 1. The third-order valence-electron chi connectivity index (χ3n) is 3.23. The minimum absolute atomic E-state index is 0.145. The highest BCUT2D eigenvalue weighted by atomic mass is 35.5. The van der Waals surface area contributed by atoms with E-state index in [2.05, 4.69) is 10.6 Å². The molecule has 0 fully saturated rings. The fourth-order valence-electron chi connectivity index (χ4n) is 1.99. The van der Waals surface area contributed by atoms with Gasteiger partial charge in [-0.25, -0.2) is 9.59 Å². The molecule has 0 aliphatic carbocycles. The fourth-order valence-corrected chi connectivity index (χ4v) is 2.48. The average molecular weight is 396 g/mol. The highest BCUT2D eigenvalue weighted by Crippen LogP contribution is 2.30. The Morgan fingerprint density at radius 1 is 1.04 bits per heavy atom. The SMILES string of the molecule is C[C@@H](OC(=O)c1cccc(NC(N)=O)c1)C(=O)Nc1c(Cl)cccc1Cl. The molecule has 0 saturated carbocycles. The number of esters is 1. The van der Waals surface area contributed by atoms with Crippen molar-refractivity contribution >= 4 is 52.5 Å². The van der Waals surface area contributed by atoms with E-state index in [1.165, 1.54) is 25.1 Å². The molecular weight excluding hydrogens is 381 g/mol. The van der Waals surface area contributed by atoms with Crippen LogP contribution >= 0.6 is 23.2 Å². The van der Waals surface area contributed by atoms with Crippen LogP contribution in [0.1, 0.15) is 17.3 Å². The number of amides is 3. The van der Waals surface area contributed by atoms with E-state index < -0.39 is 24.0 Å². The number of nitrogens with one attached hydrogen (secondary N) is 2. The quantitative estimate of drug-likeness (QED) is 0.670. The topological polar surface area (TPSA) is 111 Å². The van der Waals surface area contributed by atoms with Gasteiger partial charge in [-0.15, -0.1) is 0 Å². The van der Waals surface area contributed by atoms with Gasteiger partial charge in [-0.2, -0.15) is 0 Å². The molecule has 0 heterocycles. The summed E-state index contributed by atoms with van der Waals surface area (Å²) in [5.41, 5.74) is 5.73. The Labute approximate surface area is 159 Å². The lowest BCUT2D eigenvalue weighted by molar-refractivity contribution is -0.123. The van der Waals surface area contributed by atoms with Crippen LogP contribution in [0.3, 0.4) is 0 Å². The molecule has 26 heavy (non-hydrogen) atoms. The van der Waals surface area contributed by atoms with E-state index in [0.29, 0.717) is 5.69 Å². The van der Waals surface area contributed by atoms with Gasteiger partial charge in [0.05, 0.1) is 21.3 Å². The molecule has 0 aromatic heterocycles. The third-order valence-corrected chi connectivity index (χ3v) is 3.86. The van der Waals surface area contributed by atoms with Gasteiger partial charge in [0, 0.05) is 5.69 Å². The first-order chi connectivity index (χ1) is 12.3. The van der Waals surface area contributed by atoms with Gasteiger partial charge in [0.2, 0.25) is 0 Å². The second-order valence-electron chi connectivity index (χ2n) is 5.20. The molecule has 0 unspecified atom stereocenters. The number of rotatable bonds is 5. The molecule has 7 nitrogen and oxygen atoms in total. The van der Waals surface area contributed by atoms with Crippen LogP contribution in [0, 0.1) is 0 Å². The van der Waals surface area contributed by atoms with Crippen molar-refractivity contribution in [3.8, 4) is 0 Å². The maximum Gasteiger partial charge on any atom is 0.338 e. The number of primary amides is 1. The van der Waals surface area contributed by atoms with Gasteiger partial charge in [-0.1, -0.05) is 35.3 Å². The predicted molar refractivity (Wildman–Crippen MR) is 99.6 cm³/mol. The van der Waals surface area contributed by atoms with Crippen molar-refractivity contribution < 1.29 is 19.1 Å². The Bertz CT molecular complexity index is 837. The molecular formula is C17H15Cl2N3O4. The van der Waals surface area contributed by atoms with E-state index in [4.69, 9.17) is 33.7 Å². The van der Waals surface area contributed by atoms with Gasteiger partial charge < -0.3 is 21.1 Å². The van der Waals surface area contributed by atoms with Gasteiger partial charge in [0.1, 0.15) is 0 Å². The molecule has 2 aromatic carbocycles. The summed E-state index contributed by atoms with van der Waals surface area (Å²) in [6, 6.07) is 9.95. The van der Waals surface area contributed by atoms with Gasteiger partial charge in [0.15, 0.2) is 6.10 Å². The molecule has 136 valence electrons. The molecule has 9 heteroatoms. The van der Waals surface area contributed by atoms with Crippen LogP contribution in [-0.4, -0.2) is 24.0 Å². The number of hydrogen-bond acceptors (Lipinski definition) is 4. The van der Waals surface area contributed by atoms with Gasteiger partial charge >= 0.3 is 12.0 Å². The first kappa shape index (κ1) is 19.6. The number of para-hydroxylation sites is 1. The molecule has 1 atom stereocenters. The second-order valence-corrected chi connectivity index (χ2v) is 6.02. The van der Waals surface area contributed by atoms with Crippen molar-refractivity contribution in [3.05, 3.63) is 58.1 Å². The zero-order valence-corrected chi connectivity index (χ0v) is 15.1. The van der Waals surface area contributed by atoms with E-state index in [1.54, 1.807) is 24.3 Å². The molecule has 4 N–H and O–H groups in total. The van der Waals surface area contributed by atoms with Crippen molar-refractivity contribution in [1.29, 1.82) is 0 Å². The van der Waals surface area contributed by atoms with E-state index in [-0.39, 0.29) is 21.3 Å². The largest absolute Gasteiger partial charge is 0.449 e. The van der Waals surface area contributed by atoms with Crippen LogP contribution < -0.4 is 16.4 Å². The summed E-state index contributed by atoms with van der Waals surface area (Å²) < 4.78 is 5.13. The van der Waals surface area contributed by atoms with Crippen LogP contribution in [0.15, 0.2) is 42.5 Å². The van der Waals surface area contributed by atoms with Crippen molar-refractivity contribution in [3.63, 3.8) is 0 Å². The molecule has 0 bridgehead atoms. The van der Waals surface area contributed by atoms with Crippen molar-refractivity contribution in [1.82, 2.24) is 0 Å². The Morgan fingerprint density at radius 3 is 2.27 bits per heavy atom. The summed E-state index contributed by atoms with van der Waals surface area (Å²) in [4.78, 5) is 35.3. The minimum Gasteiger partial charge on any atom is -0.449 e. The number of anilines is 2. The van der Waals surface area contributed by atoms with Gasteiger partial charge in [-0.05, 0) is 37.3 Å². The first-order valence-corrected chi connectivity index (χ1v) is 8.16. The Balaban J connectivity index is 2.04. The lowest BCUT2D eigenvalue weighted by atomic mass is 10.2. The highest BCUT2D eigenvalue weighted by Gasteiger charge is 2.21. The van der Waals surface area contributed by atoms with Crippen molar-refractivity contribution in [2.24, 2.45) is 5.73 Å². The summed E-state index contributed by atoms with van der Waals surface area (Å²) in [6.07, 6.45) is -1.11. The Hall–Kier alpha value is -2.77. The number of carbonyl (C=O) groups is 3. The fraction of sp³-hybridized carbons (Fsp3) is 0.118. The summed E-state index contributed by atoms with van der Waals surface area (Å²) in [5.74, 6) is -1.34. The van der Waals surface area contributed by atoms with Crippen molar-refractivity contribution in [2.45, 2.75) is 13.0 Å². The Morgan fingerprint density at radius 2 is 1.65 bits per heavy atom. The number of halogens is 2. The first-order valence-electron chi connectivity index (χ1n) is 7.40. The van der Waals surface area contributed by atoms with Crippen LogP contribution in [-0.2, 0) is 9.53 Å². The highest BCUT2D eigenvalue weighted by molar-refractivity contribution is 6.39. The molecule has 0 radical (unpaired) electrons. The Kier molecular flexibility index (Phi) is 6.43. The van der Waals surface area contributed by atoms with E-state index >= 15 is 0 Å². The number of urea groups is 1. The third kappa shape index (κ3) is 5.11. The number of hydrogen-bond donors (Lipinski definition) is 3. The summed E-state index contributed by atoms with van der Waals surface area (Å²) >= 11 is 12.0. The van der Waals surface area contributed by atoms with Crippen LogP contribution in [0.25, 0.3) is 0 Å². The zero-order valence-electron chi connectivity index (χ0n) is 13.6. The normalized spacial score (nSPS) is 11.3. The lowest BCUT2D eigenvalue weighted by Gasteiger charge is -2.15. The minimum atomic E-state index is -1.11. The number of carbonyl (C=O) groups excluding carboxylic acids is 3. The van der Waals surface area contributed by atoms with E-state index in [9.17, 15) is 14.4 Å². The van der Waals surface area contributed by atoms with Crippen LogP contribution in [0.5, 0.6) is 0 Å². The summed E-state index contributed by atoms with van der Waals surface area (Å²) in [6.45, 7) is 1.41. The second kappa shape index (κ2) is 8.55. The maximum atomic E-state index is 12.2. The number of ether oxygens (including phenoxy) is 1. The maximum absolute atomic E-state index is 12.2. The monoisotopic (exact) mass is 395 g/mol. The standard InChI is InChI=1S/C17H15Cl2N3O4/c1-9(15(23)22-14-12(18)6-3-7-13(14)19)26-16(24)10-4-2-5-11(8-10)21-17(20)25/h2-9H,1H3,(H,22,23)(H3,20,21,25)/t9-/m1/s1. The smallest absolute Gasteiger partial charge is 0.338 e. The molecule has 2 rings (SSSR count). The molecule has 3 amide bonds. The van der Waals surface area contributed by atoms with Gasteiger partial charge in [-0.3, -0.25) is 4.79 Å². The summed E-state index contributed by atoms with van der Waals surface area (Å²) in [7, 11) is 0. The molecule has 0 aliphatic heterocycles. The van der Waals surface area contributed by atoms with Crippen LogP contribution in [0.2, 0.25) is 10.0 Å². The van der Waals surface area contributed by atoms with Crippen LogP contribution in [0.4, 0.5) is 16.2 Å². The average Bonchev–Trinajstić information content (AvgIpc) is 2.57. The molecule has 0 spiro atoms. The lowest BCUT2D eigenvalue weighted by Crippen LogP contribution is -2.30. The molecule has 0 saturated heterocycles. The van der Waals surface area contributed by atoms with Crippen molar-refractivity contribution in [2.75, 3.05) is 10.6 Å². The zero-order chi connectivity index (χ0) is 19.3. The summed E-state index contributed by atoms with van der Waals surface area (Å²) in [5, 5.41) is 5.38. The van der Waals surface area contributed by atoms with E-state index in [1.807, 2.05) is 0 Å².